The summed E-state index contributed by atoms with van der Waals surface area (Å²) < 4.78 is 7.14. The summed E-state index contributed by atoms with van der Waals surface area (Å²) in [6, 6.07) is 0.759. The molecule has 0 saturated heterocycles. The van der Waals surface area contributed by atoms with Gasteiger partial charge in [0.25, 0.3) is 0 Å². The number of methoxy groups -OCH3 is 1. The van der Waals surface area contributed by atoms with Crippen LogP contribution in [0.4, 0.5) is 0 Å². The predicted molar refractivity (Wildman–Crippen MR) is 69.8 cm³/mol. The first kappa shape index (κ1) is 13.4. The molecule has 5 nitrogen and oxygen atoms in total. The number of aliphatic hydroxyl groups is 1. The maximum atomic E-state index is 10.7. The van der Waals surface area contributed by atoms with Gasteiger partial charge in [0.15, 0.2) is 5.75 Å². The Bertz CT molecular complexity index is 408. The minimum Gasteiger partial charge on any atom is -0.493 e. The molecule has 0 aliphatic heterocycles. The third-order valence-electron chi connectivity index (χ3n) is 3.29. The van der Waals surface area contributed by atoms with Crippen molar-refractivity contribution in [3.63, 3.8) is 0 Å². The molecule has 1 atom stereocenters. The molecule has 2 rings (SSSR count). The zero-order valence-electron chi connectivity index (χ0n) is 11.6. The van der Waals surface area contributed by atoms with Crippen molar-refractivity contribution in [2.24, 2.45) is 0 Å². The minimum atomic E-state index is -0.977. The second-order valence-corrected chi connectivity index (χ2v) is 5.53. The van der Waals surface area contributed by atoms with Crippen LogP contribution < -0.4 is 10.1 Å². The summed E-state index contributed by atoms with van der Waals surface area (Å²) in [7, 11) is 1.61. The van der Waals surface area contributed by atoms with Crippen molar-refractivity contribution < 1.29 is 9.84 Å². The highest BCUT2D eigenvalue weighted by Crippen LogP contribution is 2.32. The summed E-state index contributed by atoms with van der Waals surface area (Å²) in [4.78, 5) is 0. The first-order valence-corrected chi connectivity index (χ1v) is 6.53. The summed E-state index contributed by atoms with van der Waals surface area (Å²) in [5, 5.41) is 18.3. The molecular weight excluding hydrogens is 230 g/mol. The first-order chi connectivity index (χ1) is 8.45. The maximum absolute atomic E-state index is 10.7. The van der Waals surface area contributed by atoms with E-state index in [2.05, 4.69) is 10.4 Å². The zero-order valence-corrected chi connectivity index (χ0v) is 11.6. The molecule has 5 heteroatoms. The molecule has 18 heavy (non-hydrogen) atoms. The van der Waals surface area contributed by atoms with Gasteiger partial charge in [0.2, 0.25) is 0 Å². The Balaban J connectivity index is 2.24. The van der Waals surface area contributed by atoms with E-state index in [4.69, 9.17) is 4.74 Å². The van der Waals surface area contributed by atoms with Gasteiger partial charge in [-0.1, -0.05) is 0 Å². The van der Waals surface area contributed by atoms with E-state index in [1.54, 1.807) is 20.2 Å². The van der Waals surface area contributed by atoms with Crippen molar-refractivity contribution in [1.29, 1.82) is 0 Å². The molecule has 1 unspecified atom stereocenters. The van der Waals surface area contributed by atoms with E-state index < -0.39 is 5.60 Å². The number of ether oxygens (including phenoxy) is 1. The van der Waals surface area contributed by atoms with Gasteiger partial charge in [-0.05, 0) is 33.6 Å². The highest BCUT2D eigenvalue weighted by Gasteiger charge is 2.34. The largest absolute Gasteiger partial charge is 0.493 e. The van der Waals surface area contributed by atoms with Crippen LogP contribution in [0.2, 0.25) is 0 Å². The average Bonchev–Trinajstić information content (AvgIpc) is 3.02. The summed E-state index contributed by atoms with van der Waals surface area (Å²) in [5.74, 6) is 0.645. The van der Waals surface area contributed by atoms with E-state index in [1.165, 1.54) is 12.8 Å². The van der Waals surface area contributed by atoms with E-state index in [1.807, 2.05) is 18.5 Å². The normalized spacial score (nSPS) is 19.0. The van der Waals surface area contributed by atoms with Crippen molar-refractivity contribution in [1.82, 2.24) is 15.1 Å². The summed E-state index contributed by atoms with van der Waals surface area (Å²) in [6.07, 6.45) is 4.08. The van der Waals surface area contributed by atoms with Gasteiger partial charge in [-0.3, -0.25) is 4.68 Å². The lowest BCUT2D eigenvalue weighted by Crippen LogP contribution is -2.38. The van der Waals surface area contributed by atoms with Crippen molar-refractivity contribution >= 4 is 0 Å². The molecule has 102 valence electrons. The molecule has 0 radical (unpaired) electrons. The van der Waals surface area contributed by atoms with E-state index in [-0.39, 0.29) is 6.04 Å². The van der Waals surface area contributed by atoms with Crippen LogP contribution in [-0.4, -0.2) is 34.6 Å². The van der Waals surface area contributed by atoms with Crippen LogP contribution in [0.1, 0.15) is 45.3 Å². The molecule has 1 aromatic heterocycles. The number of rotatable bonds is 6. The van der Waals surface area contributed by atoms with Gasteiger partial charge in [0.1, 0.15) is 11.3 Å². The Morgan fingerprint density at radius 2 is 2.28 bits per heavy atom. The van der Waals surface area contributed by atoms with E-state index in [0.717, 1.165) is 5.69 Å². The molecule has 1 heterocycles. The van der Waals surface area contributed by atoms with E-state index in [9.17, 15) is 5.11 Å². The topological polar surface area (TPSA) is 59.3 Å². The zero-order chi connectivity index (χ0) is 13.3. The molecular formula is C13H23N3O2. The number of hydrogen-bond donors (Lipinski definition) is 2. The fourth-order valence-corrected chi connectivity index (χ4v) is 2.11. The Morgan fingerprint density at radius 1 is 1.61 bits per heavy atom. The van der Waals surface area contributed by atoms with Crippen molar-refractivity contribution in [3.05, 3.63) is 11.9 Å². The second-order valence-electron chi connectivity index (χ2n) is 5.53. The fourth-order valence-electron chi connectivity index (χ4n) is 2.11. The van der Waals surface area contributed by atoms with Gasteiger partial charge in [0.05, 0.1) is 13.3 Å². The molecule has 2 N–H and O–H groups in total. The molecule has 0 amide bonds. The van der Waals surface area contributed by atoms with Crippen LogP contribution in [0.3, 0.4) is 0 Å². The average molecular weight is 253 g/mol. The standard InChI is InChI=1S/C13H23N3O2/c1-9(2)16-12(11(18-4)7-15-16)13(3,17)8-14-10-5-6-10/h7,9-10,14,17H,5-6,8H2,1-4H3. The number of hydrogen-bond acceptors (Lipinski definition) is 4. The lowest BCUT2D eigenvalue weighted by molar-refractivity contribution is 0.0433. The number of nitrogens with one attached hydrogen (secondary N) is 1. The summed E-state index contributed by atoms with van der Waals surface area (Å²) in [5.41, 5.74) is -0.234. The fraction of sp³-hybridized carbons (Fsp3) is 0.769. The first-order valence-electron chi connectivity index (χ1n) is 6.53. The lowest BCUT2D eigenvalue weighted by atomic mass is 10.0. The van der Waals surface area contributed by atoms with Gasteiger partial charge in [-0.25, -0.2) is 0 Å². The third kappa shape index (κ3) is 2.67. The van der Waals surface area contributed by atoms with Crippen molar-refractivity contribution in [2.45, 2.75) is 51.3 Å². The van der Waals surface area contributed by atoms with Crippen LogP contribution in [0.25, 0.3) is 0 Å². The monoisotopic (exact) mass is 253 g/mol. The smallest absolute Gasteiger partial charge is 0.162 e. The van der Waals surface area contributed by atoms with E-state index in [0.29, 0.717) is 18.3 Å². The van der Waals surface area contributed by atoms with Crippen LogP contribution in [0.5, 0.6) is 5.75 Å². The Kier molecular flexibility index (Phi) is 3.64. The number of aromatic nitrogens is 2. The van der Waals surface area contributed by atoms with Crippen molar-refractivity contribution in [3.8, 4) is 5.75 Å². The Morgan fingerprint density at radius 3 is 2.78 bits per heavy atom. The quantitative estimate of drug-likeness (QED) is 0.805. The SMILES string of the molecule is COc1cnn(C(C)C)c1C(C)(O)CNC1CC1. The molecule has 0 bridgehead atoms. The van der Waals surface area contributed by atoms with Crippen LogP contribution >= 0.6 is 0 Å². The molecule has 0 aromatic carbocycles. The molecule has 1 fully saturated rings. The predicted octanol–water partition coefficient (Wildman–Crippen LogP) is 1.43. The van der Waals surface area contributed by atoms with Crippen molar-refractivity contribution in [2.75, 3.05) is 13.7 Å². The van der Waals surface area contributed by atoms with Gasteiger partial charge in [-0.15, -0.1) is 0 Å². The maximum Gasteiger partial charge on any atom is 0.162 e. The van der Waals surface area contributed by atoms with Gasteiger partial charge in [-0.2, -0.15) is 5.10 Å². The third-order valence-corrected chi connectivity index (χ3v) is 3.29. The molecule has 1 aromatic rings. The Labute approximate surface area is 108 Å². The molecule has 1 saturated carbocycles. The minimum absolute atomic E-state index is 0.191. The van der Waals surface area contributed by atoms with Gasteiger partial charge < -0.3 is 15.2 Å². The summed E-state index contributed by atoms with van der Waals surface area (Å²) in [6.45, 7) is 6.41. The number of nitrogens with zero attached hydrogens (tertiary/aromatic N) is 2. The molecule has 1 aliphatic rings. The second kappa shape index (κ2) is 4.90. The molecule has 0 spiro atoms. The molecule has 1 aliphatic carbocycles. The van der Waals surface area contributed by atoms with Crippen LogP contribution in [0.15, 0.2) is 6.20 Å². The van der Waals surface area contributed by atoms with E-state index >= 15 is 0 Å². The van der Waals surface area contributed by atoms with Crippen LogP contribution in [-0.2, 0) is 5.60 Å². The lowest BCUT2D eigenvalue weighted by Gasteiger charge is -2.27. The highest BCUT2D eigenvalue weighted by molar-refractivity contribution is 5.31. The highest BCUT2D eigenvalue weighted by atomic mass is 16.5. The summed E-state index contributed by atoms with van der Waals surface area (Å²) >= 11 is 0. The van der Waals surface area contributed by atoms with Gasteiger partial charge >= 0.3 is 0 Å². The van der Waals surface area contributed by atoms with Gasteiger partial charge in [0, 0.05) is 18.6 Å². The van der Waals surface area contributed by atoms with Crippen LogP contribution in [0, 0.1) is 0 Å². The Hall–Kier alpha value is -1.07.